The minimum atomic E-state index is 0.222. The lowest BCUT2D eigenvalue weighted by molar-refractivity contribution is 0.645. The largest absolute Gasteiger partial charge is 0.359 e. The quantitative estimate of drug-likeness (QED) is 0.848. The normalized spacial score (nSPS) is 12.1. The molecule has 2 heterocycles. The van der Waals surface area contributed by atoms with Gasteiger partial charge in [-0.05, 0) is 36.6 Å². The molecule has 0 saturated heterocycles. The van der Waals surface area contributed by atoms with Crippen molar-refractivity contribution in [1.82, 2.24) is 9.97 Å². The highest BCUT2D eigenvalue weighted by Gasteiger charge is 2.05. The molecule has 0 saturated carbocycles. The van der Waals surface area contributed by atoms with Gasteiger partial charge in [0.15, 0.2) is 0 Å². The molecule has 0 aliphatic rings. The maximum atomic E-state index is 5.97. The molecule has 0 amide bonds. The Bertz CT molecular complexity index is 524. The number of hydrogen-bond donors (Lipinski definition) is 1. The fourth-order valence-electron chi connectivity index (χ4n) is 2.15. The van der Waals surface area contributed by atoms with E-state index >= 15 is 0 Å². The molecule has 0 radical (unpaired) electrons. The minimum absolute atomic E-state index is 0.222. The predicted molar refractivity (Wildman–Crippen MR) is 87.4 cm³/mol. The zero-order valence-electron chi connectivity index (χ0n) is 12.9. The number of nitrogens with two attached hydrogens (primary N) is 1. The Morgan fingerprint density at radius 2 is 2.05 bits per heavy atom. The lowest BCUT2D eigenvalue weighted by Gasteiger charge is -2.18. The topological polar surface area (TPSA) is 55.0 Å². The Kier molecular flexibility index (Phi) is 5.69. The molecule has 21 heavy (non-hydrogen) atoms. The van der Waals surface area contributed by atoms with Gasteiger partial charge in [0.25, 0.3) is 0 Å². The van der Waals surface area contributed by atoms with Crippen LogP contribution < -0.4 is 10.6 Å². The molecule has 0 bridgehead atoms. The second kappa shape index (κ2) is 7.74. The van der Waals surface area contributed by atoms with E-state index in [-0.39, 0.29) is 6.04 Å². The van der Waals surface area contributed by atoms with Crippen LogP contribution >= 0.6 is 0 Å². The van der Waals surface area contributed by atoms with Gasteiger partial charge in [-0.15, -0.1) is 0 Å². The summed E-state index contributed by atoms with van der Waals surface area (Å²) < 4.78 is 0. The maximum Gasteiger partial charge on any atom is 0.128 e. The number of rotatable bonds is 7. The zero-order chi connectivity index (χ0) is 15.1. The predicted octanol–water partition coefficient (Wildman–Crippen LogP) is 2.44. The van der Waals surface area contributed by atoms with E-state index in [1.807, 2.05) is 24.5 Å². The standard InChI is InChI=1S/C17H24N4/c1-3-15(18)12-14-7-8-17(20-13-14)21(2)11-9-16-6-4-5-10-19-16/h4-8,10,13,15H,3,9,11-12,18H2,1-2H3. The summed E-state index contributed by atoms with van der Waals surface area (Å²) in [5.41, 5.74) is 8.28. The van der Waals surface area contributed by atoms with Crippen molar-refractivity contribution in [3.63, 3.8) is 0 Å². The zero-order valence-corrected chi connectivity index (χ0v) is 12.9. The average Bonchev–Trinajstić information content (AvgIpc) is 2.54. The van der Waals surface area contributed by atoms with Crippen LogP contribution in [0.25, 0.3) is 0 Å². The van der Waals surface area contributed by atoms with Gasteiger partial charge >= 0.3 is 0 Å². The Morgan fingerprint density at radius 1 is 1.19 bits per heavy atom. The SMILES string of the molecule is CCC(N)Cc1ccc(N(C)CCc2ccccn2)nc1. The van der Waals surface area contributed by atoms with Crippen molar-refractivity contribution in [2.75, 3.05) is 18.5 Å². The van der Waals surface area contributed by atoms with Crippen LogP contribution in [-0.4, -0.2) is 29.6 Å². The molecule has 112 valence electrons. The van der Waals surface area contributed by atoms with Crippen molar-refractivity contribution in [1.29, 1.82) is 0 Å². The van der Waals surface area contributed by atoms with E-state index in [9.17, 15) is 0 Å². The Morgan fingerprint density at radius 3 is 2.67 bits per heavy atom. The first-order valence-corrected chi connectivity index (χ1v) is 7.50. The molecular weight excluding hydrogens is 260 g/mol. The van der Waals surface area contributed by atoms with Gasteiger partial charge in [-0.3, -0.25) is 4.98 Å². The van der Waals surface area contributed by atoms with Crippen molar-refractivity contribution < 1.29 is 0 Å². The molecule has 1 unspecified atom stereocenters. The van der Waals surface area contributed by atoms with Gasteiger partial charge in [0, 0.05) is 44.1 Å². The number of hydrogen-bond acceptors (Lipinski definition) is 4. The monoisotopic (exact) mass is 284 g/mol. The third-order valence-electron chi connectivity index (χ3n) is 3.65. The smallest absolute Gasteiger partial charge is 0.128 e. The first-order chi connectivity index (χ1) is 10.2. The van der Waals surface area contributed by atoms with Gasteiger partial charge < -0.3 is 10.6 Å². The third-order valence-corrected chi connectivity index (χ3v) is 3.65. The van der Waals surface area contributed by atoms with Crippen molar-refractivity contribution >= 4 is 5.82 Å². The highest BCUT2D eigenvalue weighted by molar-refractivity contribution is 5.38. The van der Waals surface area contributed by atoms with Crippen molar-refractivity contribution in [2.24, 2.45) is 5.73 Å². The molecule has 0 aliphatic carbocycles. The van der Waals surface area contributed by atoms with Crippen LogP contribution in [0.5, 0.6) is 0 Å². The first kappa shape index (κ1) is 15.4. The van der Waals surface area contributed by atoms with Crippen LogP contribution in [0.15, 0.2) is 42.7 Å². The van der Waals surface area contributed by atoms with Gasteiger partial charge in [0.1, 0.15) is 5.82 Å². The van der Waals surface area contributed by atoms with E-state index in [1.54, 1.807) is 0 Å². The summed E-state index contributed by atoms with van der Waals surface area (Å²) >= 11 is 0. The van der Waals surface area contributed by atoms with Crippen molar-refractivity contribution in [3.8, 4) is 0 Å². The molecule has 2 rings (SSSR count). The van der Waals surface area contributed by atoms with E-state index < -0.39 is 0 Å². The molecule has 0 spiro atoms. The fraction of sp³-hybridized carbons (Fsp3) is 0.412. The van der Waals surface area contributed by atoms with Gasteiger partial charge in [0.05, 0.1) is 0 Å². The minimum Gasteiger partial charge on any atom is -0.359 e. The molecule has 1 atom stereocenters. The van der Waals surface area contributed by atoms with E-state index in [2.05, 4.69) is 47.0 Å². The molecule has 4 nitrogen and oxygen atoms in total. The van der Waals surface area contributed by atoms with Crippen molar-refractivity contribution in [2.45, 2.75) is 32.2 Å². The second-order valence-corrected chi connectivity index (χ2v) is 5.39. The fourth-order valence-corrected chi connectivity index (χ4v) is 2.15. The number of likely N-dealkylation sites (N-methyl/N-ethyl adjacent to an activating group) is 1. The molecular formula is C17H24N4. The number of aromatic nitrogens is 2. The lowest BCUT2D eigenvalue weighted by atomic mass is 10.1. The molecule has 0 fully saturated rings. The first-order valence-electron chi connectivity index (χ1n) is 7.50. The molecule has 0 aromatic carbocycles. The third kappa shape index (κ3) is 4.83. The summed E-state index contributed by atoms with van der Waals surface area (Å²) in [6.07, 6.45) is 6.57. The Labute approximate surface area is 127 Å². The average molecular weight is 284 g/mol. The maximum absolute atomic E-state index is 5.97. The molecule has 0 aliphatic heterocycles. The van der Waals surface area contributed by atoms with Crippen LogP contribution in [0.1, 0.15) is 24.6 Å². The van der Waals surface area contributed by atoms with E-state index in [4.69, 9.17) is 5.73 Å². The molecule has 4 heteroatoms. The van der Waals surface area contributed by atoms with Gasteiger partial charge in [-0.25, -0.2) is 4.98 Å². The van der Waals surface area contributed by atoms with Gasteiger partial charge in [-0.1, -0.05) is 19.1 Å². The summed E-state index contributed by atoms with van der Waals surface area (Å²) in [4.78, 5) is 11.0. The summed E-state index contributed by atoms with van der Waals surface area (Å²) in [5, 5.41) is 0. The highest BCUT2D eigenvalue weighted by atomic mass is 15.2. The number of pyridine rings is 2. The van der Waals surface area contributed by atoms with E-state index in [0.29, 0.717) is 0 Å². The molecule has 2 aromatic heterocycles. The Hall–Kier alpha value is -1.94. The summed E-state index contributed by atoms with van der Waals surface area (Å²) in [6, 6.07) is 10.4. The van der Waals surface area contributed by atoms with Crippen LogP contribution in [0.4, 0.5) is 5.82 Å². The summed E-state index contributed by atoms with van der Waals surface area (Å²) in [7, 11) is 2.06. The number of nitrogens with zero attached hydrogens (tertiary/aromatic N) is 3. The van der Waals surface area contributed by atoms with Crippen LogP contribution in [0.2, 0.25) is 0 Å². The van der Waals surface area contributed by atoms with E-state index in [0.717, 1.165) is 37.3 Å². The van der Waals surface area contributed by atoms with Gasteiger partial charge in [0.2, 0.25) is 0 Å². The Balaban J connectivity index is 1.89. The summed E-state index contributed by atoms with van der Waals surface area (Å²) in [5.74, 6) is 0.986. The summed E-state index contributed by atoms with van der Waals surface area (Å²) in [6.45, 7) is 3.01. The van der Waals surface area contributed by atoms with Gasteiger partial charge in [-0.2, -0.15) is 0 Å². The second-order valence-electron chi connectivity index (χ2n) is 5.39. The van der Waals surface area contributed by atoms with Crippen molar-refractivity contribution in [3.05, 3.63) is 54.0 Å². The number of anilines is 1. The molecule has 2 aromatic rings. The van der Waals surface area contributed by atoms with Crippen LogP contribution in [0, 0.1) is 0 Å². The van der Waals surface area contributed by atoms with Crippen LogP contribution in [-0.2, 0) is 12.8 Å². The molecule has 2 N–H and O–H groups in total. The van der Waals surface area contributed by atoms with Crippen LogP contribution in [0.3, 0.4) is 0 Å². The highest BCUT2D eigenvalue weighted by Crippen LogP contribution is 2.12. The van der Waals surface area contributed by atoms with E-state index in [1.165, 1.54) is 5.56 Å². The lowest BCUT2D eigenvalue weighted by Crippen LogP contribution is -2.23.